The van der Waals surface area contributed by atoms with Gasteiger partial charge in [0.1, 0.15) is 12.4 Å². The number of benzene rings is 1. The van der Waals surface area contributed by atoms with Crippen LogP contribution >= 0.6 is 0 Å². The van der Waals surface area contributed by atoms with Crippen molar-refractivity contribution in [3.05, 3.63) is 30.2 Å². The van der Waals surface area contributed by atoms with Gasteiger partial charge in [-0.15, -0.1) is 0 Å². The highest BCUT2D eigenvalue weighted by atomic mass is 19.1. The van der Waals surface area contributed by atoms with Gasteiger partial charge < -0.3 is 9.84 Å². The van der Waals surface area contributed by atoms with Crippen molar-refractivity contribution in [2.24, 2.45) is 40.4 Å². The average molecular weight is 511 g/mol. The molecule has 6 rings (SSSR count). The van der Waals surface area contributed by atoms with E-state index in [1.54, 1.807) is 16.9 Å². The molecule has 4 aliphatic rings. The zero-order valence-corrected chi connectivity index (χ0v) is 22.7. The predicted octanol–water partition coefficient (Wildman–Crippen LogP) is 6.17. The van der Waals surface area contributed by atoms with Crippen molar-refractivity contribution in [2.45, 2.75) is 90.2 Å². The average Bonchev–Trinajstić information content (AvgIpc) is 3.42. The van der Waals surface area contributed by atoms with E-state index in [1.165, 1.54) is 31.4 Å². The van der Waals surface area contributed by atoms with Crippen LogP contribution in [0.15, 0.2) is 24.4 Å². The Morgan fingerprint density at radius 2 is 1.97 bits per heavy atom. The summed E-state index contributed by atoms with van der Waals surface area (Å²) >= 11 is 0. The fraction of sp³-hybridized carbons (Fsp3) is 0.742. The quantitative estimate of drug-likeness (QED) is 0.505. The van der Waals surface area contributed by atoms with Gasteiger partial charge in [-0.2, -0.15) is 5.10 Å². The van der Waals surface area contributed by atoms with Crippen molar-refractivity contribution in [2.75, 3.05) is 13.7 Å². The molecule has 0 unspecified atom stereocenters. The fourth-order valence-corrected chi connectivity index (χ4v) is 9.99. The molecule has 4 aliphatic carbocycles. The van der Waals surface area contributed by atoms with Crippen LogP contribution in [0.4, 0.5) is 4.39 Å². The molecule has 4 saturated carbocycles. The molecule has 6 heteroatoms. The number of carbonyl (C=O) groups excluding carboxylic acids is 1. The summed E-state index contributed by atoms with van der Waals surface area (Å²) in [6.45, 7) is 5.50. The first-order chi connectivity index (χ1) is 17.7. The van der Waals surface area contributed by atoms with Crippen LogP contribution in [0.2, 0.25) is 0 Å². The van der Waals surface area contributed by atoms with Crippen molar-refractivity contribution in [3.63, 3.8) is 0 Å². The standard InChI is InChI=1S/C31H43FN2O3/c1-29(36)12-13-31(14-15-37-3)21(17-29)4-6-23-24-7-8-26(30(24,2)11-10-25(23)31)28(35)19-34-27-9-5-22(32)16-20(27)18-33-34/h5,9,16,18,21,23-26,36H,4,6-8,10-15,17,19H2,1-3H3/t21-,23-,24-,25-,26+,29+,30-,31+/m0/s1. The molecule has 0 amide bonds. The topological polar surface area (TPSA) is 64.3 Å². The normalized spacial score (nSPS) is 41.3. The maximum Gasteiger partial charge on any atom is 0.157 e. The number of fused-ring (bicyclic) bond motifs is 6. The van der Waals surface area contributed by atoms with Crippen molar-refractivity contribution >= 4 is 16.7 Å². The van der Waals surface area contributed by atoms with E-state index < -0.39 is 5.60 Å². The van der Waals surface area contributed by atoms with E-state index in [4.69, 9.17) is 4.74 Å². The number of ketones is 1. The van der Waals surface area contributed by atoms with Crippen LogP contribution in [0.1, 0.15) is 78.1 Å². The molecule has 1 aromatic heterocycles. The highest BCUT2D eigenvalue weighted by Gasteiger charge is 2.62. The second kappa shape index (κ2) is 9.15. The molecule has 0 aliphatic heterocycles. The highest BCUT2D eigenvalue weighted by molar-refractivity contribution is 5.85. The molecule has 202 valence electrons. The second-order valence-corrected chi connectivity index (χ2v) is 13.5. The number of rotatable bonds is 6. The number of hydrogen-bond acceptors (Lipinski definition) is 4. The number of ether oxygens (including phenoxy) is 1. The molecule has 1 N–H and O–H groups in total. The van der Waals surface area contributed by atoms with Gasteiger partial charge in [-0.25, -0.2) is 4.39 Å². The molecule has 1 heterocycles. The lowest BCUT2D eigenvalue weighted by Crippen LogP contribution is -2.57. The van der Waals surface area contributed by atoms with Gasteiger partial charge in [0.05, 0.1) is 17.3 Å². The largest absolute Gasteiger partial charge is 0.390 e. The van der Waals surface area contributed by atoms with E-state index in [1.807, 2.05) is 14.0 Å². The molecule has 0 radical (unpaired) electrons. The summed E-state index contributed by atoms with van der Waals surface area (Å²) in [5.74, 6) is 2.59. The summed E-state index contributed by atoms with van der Waals surface area (Å²) in [5.41, 5.74) is 0.603. The molecule has 1 aromatic carbocycles. The highest BCUT2D eigenvalue weighted by Crippen LogP contribution is 2.69. The molecule has 2 aromatic rings. The smallest absolute Gasteiger partial charge is 0.157 e. The minimum atomic E-state index is -0.537. The lowest BCUT2D eigenvalue weighted by atomic mass is 9.42. The first kappa shape index (κ1) is 25.5. The van der Waals surface area contributed by atoms with Crippen LogP contribution in [-0.2, 0) is 16.1 Å². The van der Waals surface area contributed by atoms with Crippen molar-refractivity contribution in [1.82, 2.24) is 9.78 Å². The molecular weight excluding hydrogens is 467 g/mol. The Hall–Kier alpha value is -1.79. The molecule has 0 saturated heterocycles. The minimum absolute atomic E-state index is 0.0444. The van der Waals surface area contributed by atoms with Crippen LogP contribution in [0.3, 0.4) is 0 Å². The monoisotopic (exact) mass is 510 g/mol. The van der Waals surface area contributed by atoms with Gasteiger partial charge in [-0.05, 0) is 124 Å². The summed E-state index contributed by atoms with van der Waals surface area (Å²) in [7, 11) is 1.81. The maximum atomic E-state index is 13.8. The lowest BCUT2D eigenvalue weighted by molar-refractivity contribution is -0.163. The van der Waals surface area contributed by atoms with Crippen molar-refractivity contribution < 1.29 is 19.0 Å². The van der Waals surface area contributed by atoms with E-state index in [9.17, 15) is 14.3 Å². The molecule has 5 nitrogen and oxygen atoms in total. The second-order valence-electron chi connectivity index (χ2n) is 13.5. The number of nitrogens with zero attached hydrogens (tertiary/aromatic N) is 2. The van der Waals surface area contributed by atoms with Crippen molar-refractivity contribution in [3.8, 4) is 0 Å². The van der Waals surface area contributed by atoms with E-state index >= 15 is 0 Å². The number of carbonyl (C=O) groups is 1. The van der Waals surface area contributed by atoms with Gasteiger partial charge in [0.15, 0.2) is 5.78 Å². The molecular formula is C31H43FN2O3. The Bertz CT molecular complexity index is 1180. The molecule has 0 spiro atoms. The Morgan fingerprint density at radius 1 is 1.14 bits per heavy atom. The summed E-state index contributed by atoms with van der Waals surface area (Å²) < 4.78 is 21.0. The third-order valence-corrected chi connectivity index (χ3v) is 11.7. The number of aromatic nitrogens is 2. The minimum Gasteiger partial charge on any atom is -0.390 e. The predicted molar refractivity (Wildman–Crippen MR) is 141 cm³/mol. The first-order valence-electron chi connectivity index (χ1n) is 14.5. The Labute approximate surface area is 220 Å². The molecule has 8 atom stereocenters. The summed E-state index contributed by atoms with van der Waals surface area (Å²) in [6.07, 6.45) is 12.5. The van der Waals surface area contributed by atoms with Gasteiger partial charge in [-0.3, -0.25) is 9.48 Å². The first-order valence-corrected chi connectivity index (χ1v) is 14.5. The number of halogens is 1. The lowest BCUT2D eigenvalue weighted by Gasteiger charge is -2.63. The van der Waals surface area contributed by atoms with Crippen LogP contribution in [-0.4, -0.2) is 40.0 Å². The fourth-order valence-electron chi connectivity index (χ4n) is 9.99. The molecule has 37 heavy (non-hydrogen) atoms. The molecule has 0 bridgehead atoms. The van der Waals surface area contributed by atoms with Gasteiger partial charge in [0, 0.05) is 25.0 Å². The van der Waals surface area contributed by atoms with Crippen LogP contribution < -0.4 is 0 Å². The number of methoxy groups -OCH3 is 1. The van der Waals surface area contributed by atoms with Crippen LogP contribution in [0.25, 0.3) is 10.9 Å². The third-order valence-electron chi connectivity index (χ3n) is 11.7. The zero-order chi connectivity index (χ0) is 26.0. The summed E-state index contributed by atoms with van der Waals surface area (Å²) in [5, 5.41) is 16.1. The SMILES string of the molecule is COCC[C@]12CC[C@@](C)(O)C[C@@H]1CC[C@H]1[C@@H]3CC[C@H](C(=O)Cn4ncc5cc(F)ccc54)[C@@]3(C)CC[C@@H]12. The van der Waals surface area contributed by atoms with Crippen LogP contribution in [0.5, 0.6) is 0 Å². The van der Waals surface area contributed by atoms with Gasteiger partial charge in [-0.1, -0.05) is 6.92 Å². The number of aliphatic hydroxyl groups is 1. The molecule has 4 fully saturated rings. The summed E-state index contributed by atoms with van der Waals surface area (Å²) in [6, 6.07) is 4.66. The van der Waals surface area contributed by atoms with E-state index in [0.717, 1.165) is 62.5 Å². The third kappa shape index (κ3) is 4.09. The zero-order valence-electron chi connectivity index (χ0n) is 22.7. The number of Topliss-reactive ketones (excluding diaryl/α,β-unsaturated/α-hetero) is 1. The summed E-state index contributed by atoms with van der Waals surface area (Å²) in [4.78, 5) is 13.8. The van der Waals surface area contributed by atoms with E-state index in [-0.39, 0.29) is 34.9 Å². The van der Waals surface area contributed by atoms with Gasteiger partial charge in [0.2, 0.25) is 0 Å². The maximum absolute atomic E-state index is 13.8. The van der Waals surface area contributed by atoms with Gasteiger partial charge in [0.25, 0.3) is 0 Å². The number of hydrogen-bond donors (Lipinski definition) is 1. The van der Waals surface area contributed by atoms with Crippen molar-refractivity contribution in [1.29, 1.82) is 0 Å². The van der Waals surface area contributed by atoms with Gasteiger partial charge >= 0.3 is 0 Å². The Kier molecular flexibility index (Phi) is 6.30. The van der Waals surface area contributed by atoms with E-state index in [2.05, 4.69) is 12.0 Å². The Balaban J connectivity index is 1.23. The van der Waals surface area contributed by atoms with E-state index in [0.29, 0.717) is 23.7 Å². The van der Waals surface area contributed by atoms with Crippen LogP contribution in [0, 0.1) is 46.2 Å². The Morgan fingerprint density at radius 3 is 2.78 bits per heavy atom.